The third-order valence-electron chi connectivity index (χ3n) is 5.37. The molecule has 0 atom stereocenters. The molecule has 35 heavy (non-hydrogen) atoms. The Hall–Kier alpha value is -3.30. The standard InChI is InChI=1S/C25H24ClFN2O5S/c1-2-3-4-16-5-7-17(8-6-16)29-35(31,32)19-14-20(24-23(15-19)33-11-12-34-24)25(30)28-18-9-10-22(27)21(26)13-18/h5-10,13-15,29H,2-4,11-12H2,1H3,(H,28,30). The van der Waals surface area contributed by atoms with E-state index in [2.05, 4.69) is 17.0 Å². The minimum Gasteiger partial charge on any atom is -0.486 e. The number of amides is 1. The molecule has 0 aromatic heterocycles. The molecule has 0 spiro atoms. The number of ether oxygens (including phenoxy) is 2. The van der Waals surface area contributed by atoms with Gasteiger partial charge in [0.1, 0.15) is 19.0 Å². The van der Waals surface area contributed by atoms with Crippen molar-refractivity contribution in [3.63, 3.8) is 0 Å². The maximum Gasteiger partial charge on any atom is 0.262 e. The highest BCUT2D eigenvalue weighted by Gasteiger charge is 2.27. The quantitative estimate of drug-likeness (QED) is 0.402. The number of halogens is 2. The predicted molar refractivity (Wildman–Crippen MR) is 133 cm³/mol. The van der Waals surface area contributed by atoms with Crippen LogP contribution in [-0.2, 0) is 16.4 Å². The fraction of sp³-hybridized carbons (Fsp3) is 0.240. The summed E-state index contributed by atoms with van der Waals surface area (Å²) in [4.78, 5) is 12.9. The number of rotatable bonds is 8. The Labute approximate surface area is 208 Å². The average molecular weight is 519 g/mol. The van der Waals surface area contributed by atoms with Crippen molar-refractivity contribution in [2.75, 3.05) is 23.3 Å². The summed E-state index contributed by atoms with van der Waals surface area (Å²) in [6, 6.07) is 13.4. The Morgan fingerprint density at radius 1 is 1.03 bits per heavy atom. The van der Waals surface area contributed by atoms with Gasteiger partial charge in [-0.05, 0) is 54.8 Å². The predicted octanol–water partition coefficient (Wildman–Crippen LogP) is 5.65. The summed E-state index contributed by atoms with van der Waals surface area (Å²) in [6.07, 6.45) is 3.04. The molecule has 2 N–H and O–H groups in total. The number of anilines is 2. The molecule has 3 aromatic carbocycles. The molecule has 3 aromatic rings. The van der Waals surface area contributed by atoms with Gasteiger partial charge in [-0.15, -0.1) is 0 Å². The average Bonchev–Trinajstić information content (AvgIpc) is 2.85. The van der Waals surface area contributed by atoms with Crippen molar-refractivity contribution in [3.05, 3.63) is 76.6 Å². The number of fused-ring (bicyclic) bond motifs is 1. The lowest BCUT2D eigenvalue weighted by atomic mass is 10.1. The van der Waals surface area contributed by atoms with E-state index in [1.807, 2.05) is 12.1 Å². The number of hydrogen-bond acceptors (Lipinski definition) is 5. The monoisotopic (exact) mass is 518 g/mol. The Morgan fingerprint density at radius 2 is 1.74 bits per heavy atom. The number of carbonyl (C=O) groups is 1. The fourth-order valence-electron chi connectivity index (χ4n) is 3.56. The second-order valence-corrected chi connectivity index (χ2v) is 10.1. The molecule has 0 aliphatic carbocycles. The van der Waals surface area contributed by atoms with Crippen LogP contribution in [0.5, 0.6) is 11.5 Å². The van der Waals surface area contributed by atoms with E-state index in [1.54, 1.807) is 12.1 Å². The van der Waals surface area contributed by atoms with E-state index in [4.69, 9.17) is 21.1 Å². The van der Waals surface area contributed by atoms with Crippen molar-refractivity contribution >= 4 is 38.9 Å². The van der Waals surface area contributed by atoms with Gasteiger partial charge in [-0.3, -0.25) is 9.52 Å². The van der Waals surface area contributed by atoms with Crippen molar-refractivity contribution in [1.82, 2.24) is 0 Å². The largest absolute Gasteiger partial charge is 0.486 e. The first-order valence-electron chi connectivity index (χ1n) is 11.1. The van der Waals surface area contributed by atoms with E-state index in [0.29, 0.717) is 5.69 Å². The lowest BCUT2D eigenvalue weighted by Gasteiger charge is -2.22. The van der Waals surface area contributed by atoms with E-state index >= 15 is 0 Å². The number of sulfonamides is 1. The molecule has 1 aliphatic heterocycles. The van der Waals surface area contributed by atoms with E-state index < -0.39 is 21.7 Å². The minimum absolute atomic E-state index is 0.0436. The summed E-state index contributed by atoms with van der Waals surface area (Å²) < 4.78 is 53.5. The molecule has 1 amide bonds. The minimum atomic E-state index is -4.05. The Morgan fingerprint density at radius 3 is 2.46 bits per heavy atom. The summed E-state index contributed by atoms with van der Waals surface area (Å²) in [5, 5.41) is 2.43. The van der Waals surface area contributed by atoms with Gasteiger partial charge in [0, 0.05) is 17.4 Å². The molecule has 0 radical (unpaired) electrons. The maximum atomic E-state index is 13.5. The second kappa shape index (κ2) is 10.5. The molecule has 4 rings (SSSR count). The molecule has 10 heteroatoms. The van der Waals surface area contributed by atoms with Crippen molar-refractivity contribution < 1.29 is 27.1 Å². The second-order valence-electron chi connectivity index (χ2n) is 7.98. The van der Waals surface area contributed by atoms with Gasteiger partial charge in [-0.1, -0.05) is 37.1 Å². The number of unbranched alkanes of at least 4 members (excludes halogenated alkanes) is 1. The molecule has 7 nitrogen and oxygen atoms in total. The molecule has 0 saturated carbocycles. The van der Waals surface area contributed by atoms with Crippen LogP contribution in [0.2, 0.25) is 5.02 Å². The van der Waals surface area contributed by atoms with Gasteiger partial charge < -0.3 is 14.8 Å². The molecule has 0 fully saturated rings. The van der Waals surface area contributed by atoms with Crippen LogP contribution in [0.3, 0.4) is 0 Å². The molecule has 1 aliphatic rings. The van der Waals surface area contributed by atoms with E-state index in [-0.39, 0.29) is 45.9 Å². The van der Waals surface area contributed by atoms with E-state index in [1.165, 1.54) is 24.3 Å². The summed E-state index contributed by atoms with van der Waals surface area (Å²) in [5.41, 5.74) is 1.71. The molecule has 1 heterocycles. The number of carbonyl (C=O) groups excluding carboxylic acids is 1. The molecule has 0 bridgehead atoms. The van der Waals surface area contributed by atoms with E-state index in [9.17, 15) is 17.6 Å². The van der Waals surface area contributed by atoms with Crippen LogP contribution >= 0.6 is 11.6 Å². The molecule has 184 valence electrons. The van der Waals surface area contributed by atoms with Crippen LogP contribution in [0.1, 0.15) is 35.7 Å². The fourth-order valence-corrected chi connectivity index (χ4v) is 4.84. The van der Waals surface area contributed by atoms with Gasteiger partial charge >= 0.3 is 0 Å². The molecular formula is C25H24ClFN2O5S. The van der Waals surface area contributed by atoms with Crippen molar-refractivity contribution in [2.24, 2.45) is 0 Å². The van der Waals surface area contributed by atoms with Gasteiger partial charge in [0.25, 0.3) is 15.9 Å². The molecule has 0 unspecified atom stereocenters. The first kappa shape index (κ1) is 24.8. The number of hydrogen-bond donors (Lipinski definition) is 2. The van der Waals surface area contributed by atoms with Crippen LogP contribution < -0.4 is 19.5 Å². The third-order valence-corrected chi connectivity index (χ3v) is 7.02. The Kier molecular flexibility index (Phi) is 7.47. The van der Waals surface area contributed by atoms with Crippen molar-refractivity contribution in [2.45, 2.75) is 31.1 Å². The topological polar surface area (TPSA) is 93.7 Å². The highest BCUT2D eigenvalue weighted by molar-refractivity contribution is 7.92. The summed E-state index contributed by atoms with van der Waals surface area (Å²) in [7, 11) is -4.05. The van der Waals surface area contributed by atoms with Crippen LogP contribution in [0.25, 0.3) is 0 Å². The lowest BCUT2D eigenvalue weighted by Crippen LogP contribution is -2.22. The molecular weight excluding hydrogens is 495 g/mol. The van der Waals surface area contributed by atoms with Gasteiger partial charge in [-0.25, -0.2) is 12.8 Å². The molecule has 0 saturated heterocycles. The normalized spacial score (nSPS) is 12.8. The highest BCUT2D eigenvalue weighted by Crippen LogP contribution is 2.37. The summed E-state index contributed by atoms with van der Waals surface area (Å²) >= 11 is 5.80. The van der Waals surface area contributed by atoms with Crippen LogP contribution in [0.4, 0.5) is 15.8 Å². The van der Waals surface area contributed by atoms with Crippen molar-refractivity contribution in [1.29, 1.82) is 0 Å². The van der Waals surface area contributed by atoms with Crippen LogP contribution in [0, 0.1) is 5.82 Å². The SMILES string of the molecule is CCCCc1ccc(NS(=O)(=O)c2cc3c(c(C(=O)Nc4ccc(F)c(Cl)c4)c2)OCCO3)cc1. The van der Waals surface area contributed by atoms with Crippen LogP contribution in [0.15, 0.2) is 59.5 Å². The number of nitrogens with one attached hydrogen (secondary N) is 2. The maximum absolute atomic E-state index is 13.5. The third kappa shape index (κ3) is 5.86. The zero-order valence-corrected chi connectivity index (χ0v) is 20.5. The lowest BCUT2D eigenvalue weighted by molar-refractivity contribution is 0.101. The zero-order valence-electron chi connectivity index (χ0n) is 18.9. The van der Waals surface area contributed by atoms with E-state index in [0.717, 1.165) is 30.9 Å². The van der Waals surface area contributed by atoms with Gasteiger partial charge in [0.2, 0.25) is 0 Å². The summed E-state index contributed by atoms with van der Waals surface area (Å²) in [5.74, 6) is -1.03. The first-order chi connectivity index (χ1) is 16.8. The van der Waals surface area contributed by atoms with Gasteiger partial charge in [0.15, 0.2) is 11.5 Å². The zero-order chi connectivity index (χ0) is 25.0. The first-order valence-corrected chi connectivity index (χ1v) is 12.9. The Balaban J connectivity index is 1.63. The van der Waals surface area contributed by atoms with Gasteiger partial charge in [-0.2, -0.15) is 0 Å². The Bertz CT molecular complexity index is 1350. The smallest absolute Gasteiger partial charge is 0.262 e. The van der Waals surface area contributed by atoms with Crippen molar-refractivity contribution in [3.8, 4) is 11.5 Å². The number of aryl methyl sites for hydroxylation is 1. The number of benzene rings is 3. The van der Waals surface area contributed by atoms with Gasteiger partial charge in [0.05, 0.1) is 15.5 Å². The summed E-state index contributed by atoms with van der Waals surface area (Å²) in [6.45, 7) is 2.52. The van der Waals surface area contributed by atoms with Crippen LogP contribution in [-0.4, -0.2) is 27.5 Å². The highest BCUT2D eigenvalue weighted by atomic mass is 35.5.